The van der Waals surface area contributed by atoms with E-state index in [0.29, 0.717) is 5.16 Å². The van der Waals surface area contributed by atoms with E-state index in [9.17, 15) is 4.79 Å². The maximum atomic E-state index is 12.0. The van der Waals surface area contributed by atoms with Crippen LogP contribution in [0.25, 0.3) is 0 Å². The molecular formula is C14H16N4OS. The number of nitrogens with zero attached hydrogens (tertiary/aromatic N) is 2. The Hall–Kier alpha value is -1.92. The molecule has 0 radical (unpaired) electrons. The third-order valence-electron chi connectivity index (χ3n) is 2.67. The second kappa shape index (κ2) is 6.49. The molecule has 1 heterocycles. The van der Waals surface area contributed by atoms with Crippen LogP contribution in [0.4, 0.5) is 0 Å². The van der Waals surface area contributed by atoms with Crippen molar-refractivity contribution in [2.24, 2.45) is 5.84 Å². The Morgan fingerprint density at radius 2 is 1.80 bits per heavy atom. The molecular weight excluding hydrogens is 272 g/mol. The van der Waals surface area contributed by atoms with Crippen LogP contribution in [-0.4, -0.2) is 15.9 Å². The van der Waals surface area contributed by atoms with Gasteiger partial charge in [0.05, 0.1) is 0 Å². The average Bonchev–Trinajstić information content (AvgIpc) is 2.44. The van der Waals surface area contributed by atoms with Crippen LogP contribution in [0.2, 0.25) is 0 Å². The molecule has 1 amide bonds. The van der Waals surface area contributed by atoms with Gasteiger partial charge in [-0.3, -0.25) is 10.2 Å². The number of benzene rings is 1. The van der Waals surface area contributed by atoms with Crippen LogP contribution in [0, 0.1) is 13.8 Å². The number of amides is 1. The van der Waals surface area contributed by atoms with E-state index in [4.69, 9.17) is 5.84 Å². The Labute approximate surface area is 122 Å². The number of carbonyl (C=O) groups excluding carboxylic acids is 1. The fourth-order valence-corrected chi connectivity index (χ4v) is 2.90. The van der Waals surface area contributed by atoms with Crippen LogP contribution in [0.15, 0.2) is 41.6 Å². The molecule has 2 aromatic rings. The molecule has 6 heteroatoms. The maximum absolute atomic E-state index is 12.0. The Morgan fingerprint density at radius 3 is 2.35 bits per heavy atom. The Morgan fingerprint density at radius 1 is 1.20 bits per heavy atom. The molecule has 0 aliphatic heterocycles. The predicted octanol–water partition coefficient (Wildman–Crippen LogP) is 1.92. The second-order valence-corrected chi connectivity index (χ2v) is 5.42. The molecule has 3 N–H and O–H groups in total. The Bertz CT molecular complexity index is 583. The quantitative estimate of drug-likeness (QED) is 0.295. The summed E-state index contributed by atoms with van der Waals surface area (Å²) in [4.78, 5) is 20.7. The summed E-state index contributed by atoms with van der Waals surface area (Å²) in [5, 5.41) is 0.0994. The molecule has 20 heavy (non-hydrogen) atoms. The molecule has 0 saturated carbocycles. The maximum Gasteiger partial charge on any atom is 0.251 e. The Balaban J connectivity index is 2.31. The molecule has 0 aliphatic carbocycles. The molecule has 0 saturated heterocycles. The largest absolute Gasteiger partial charge is 0.293 e. The van der Waals surface area contributed by atoms with Crippen molar-refractivity contribution in [1.29, 1.82) is 0 Å². The minimum Gasteiger partial charge on any atom is -0.293 e. The molecule has 5 nitrogen and oxygen atoms in total. The summed E-state index contributed by atoms with van der Waals surface area (Å²) in [5.41, 5.74) is 4.81. The number of nitrogens with two attached hydrogens (primary N) is 1. The van der Waals surface area contributed by atoms with Crippen molar-refractivity contribution in [2.75, 3.05) is 0 Å². The topological polar surface area (TPSA) is 80.9 Å². The van der Waals surface area contributed by atoms with Crippen LogP contribution in [0.3, 0.4) is 0 Å². The molecule has 0 fully saturated rings. The van der Waals surface area contributed by atoms with Crippen LogP contribution in [0.1, 0.15) is 22.2 Å². The first-order chi connectivity index (χ1) is 9.60. The number of hydrogen-bond acceptors (Lipinski definition) is 5. The minimum absolute atomic E-state index is 0.274. The first-order valence-electron chi connectivity index (χ1n) is 6.14. The predicted molar refractivity (Wildman–Crippen MR) is 78.9 cm³/mol. The van der Waals surface area contributed by atoms with Gasteiger partial charge in [0.25, 0.3) is 5.91 Å². The number of hydrogen-bond donors (Lipinski definition) is 2. The van der Waals surface area contributed by atoms with Crippen molar-refractivity contribution in [1.82, 2.24) is 15.4 Å². The number of carbonyl (C=O) groups is 1. The summed E-state index contributed by atoms with van der Waals surface area (Å²) < 4.78 is 0. The van der Waals surface area contributed by atoms with Gasteiger partial charge in [0.2, 0.25) is 0 Å². The van der Waals surface area contributed by atoms with E-state index in [2.05, 4.69) is 15.4 Å². The minimum atomic E-state index is -0.470. The highest BCUT2D eigenvalue weighted by molar-refractivity contribution is 8.00. The van der Waals surface area contributed by atoms with Gasteiger partial charge in [0.15, 0.2) is 5.16 Å². The molecule has 0 aliphatic rings. The first kappa shape index (κ1) is 14.5. The van der Waals surface area contributed by atoms with E-state index >= 15 is 0 Å². The standard InChI is InChI=1S/C14H16N4OS/c1-9-8-10(2)17-14(16-9)20-12(13(19)18-15)11-6-4-3-5-7-11/h3-8,12H,15H2,1-2H3,(H,18,19). The van der Waals surface area contributed by atoms with Gasteiger partial charge >= 0.3 is 0 Å². The highest BCUT2D eigenvalue weighted by atomic mass is 32.2. The molecule has 0 bridgehead atoms. The van der Waals surface area contributed by atoms with Crippen LogP contribution < -0.4 is 11.3 Å². The van der Waals surface area contributed by atoms with Gasteiger partial charge in [0.1, 0.15) is 5.25 Å². The van der Waals surface area contributed by atoms with Gasteiger partial charge in [-0.25, -0.2) is 15.8 Å². The number of hydrazine groups is 1. The fourth-order valence-electron chi connectivity index (χ4n) is 1.83. The van der Waals surface area contributed by atoms with Crippen molar-refractivity contribution in [3.8, 4) is 0 Å². The third-order valence-corrected chi connectivity index (χ3v) is 3.78. The Kier molecular flexibility index (Phi) is 4.70. The lowest BCUT2D eigenvalue weighted by molar-refractivity contribution is -0.120. The fraction of sp³-hybridized carbons (Fsp3) is 0.214. The van der Waals surface area contributed by atoms with Crippen molar-refractivity contribution in [3.63, 3.8) is 0 Å². The normalized spacial score (nSPS) is 11.9. The highest BCUT2D eigenvalue weighted by Gasteiger charge is 2.22. The van der Waals surface area contributed by atoms with Crippen LogP contribution >= 0.6 is 11.8 Å². The van der Waals surface area contributed by atoms with Crippen molar-refractivity contribution >= 4 is 17.7 Å². The zero-order valence-corrected chi connectivity index (χ0v) is 12.1. The lowest BCUT2D eigenvalue weighted by Crippen LogP contribution is -2.33. The molecule has 1 atom stereocenters. The summed E-state index contributed by atoms with van der Waals surface area (Å²) in [6, 6.07) is 11.3. The molecule has 1 aromatic heterocycles. The summed E-state index contributed by atoms with van der Waals surface area (Å²) in [6.45, 7) is 3.80. The van der Waals surface area contributed by atoms with Crippen LogP contribution in [-0.2, 0) is 4.79 Å². The molecule has 0 spiro atoms. The van der Waals surface area contributed by atoms with E-state index in [-0.39, 0.29) is 5.91 Å². The van der Waals surface area contributed by atoms with Gasteiger partial charge < -0.3 is 0 Å². The average molecular weight is 288 g/mol. The summed E-state index contributed by atoms with van der Waals surface area (Å²) in [7, 11) is 0. The van der Waals surface area contributed by atoms with Crippen molar-refractivity contribution in [3.05, 3.63) is 53.3 Å². The second-order valence-electron chi connectivity index (χ2n) is 4.35. The van der Waals surface area contributed by atoms with Gasteiger partial charge in [-0.2, -0.15) is 0 Å². The monoisotopic (exact) mass is 288 g/mol. The first-order valence-corrected chi connectivity index (χ1v) is 7.02. The lowest BCUT2D eigenvalue weighted by Gasteiger charge is -2.14. The van der Waals surface area contributed by atoms with E-state index in [1.807, 2.05) is 50.2 Å². The van der Waals surface area contributed by atoms with Gasteiger partial charge in [0, 0.05) is 11.4 Å². The number of aryl methyl sites for hydroxylation is 2. The molecule has 104 valence electrons. The number of nitrogens with one attached hydrogen (secondary N) is 1. The number of rotatable bonds is 4. The van der Waals surface area contributed by atoms with Crippen LogP contribution in [0.5, 0.6) is 0 Å². The van der Waals surface area contributed by atoms with E-state index in [1.54, 1.807) is 0 Å². The molecule has 2 rings (SSSR count). The zero-order valence-electron chi connectivity index (χ0n) is 11.3. The summed E-state index contributed by atoms with van der Waals surface area (Å²) >= 11 is 1.29. The third kappa shape index (κ3) is 3.55. The van der Waals surface area contributed by atoms with E-state index in [0.717, 1.165) is 17.0 Å². The number of thioether (sulfide) groups is 1. The van der Waals surface area contributed by atoms with E-state index < -0.39 is 5.25 Å². The zero-order chi connectivity index (χ0) is 14.5. The van der Waals surface area contributed by atoms with Gasteiger partial charge in [-0.05, 0) is 25.5 Å². The van der Waals surface area contributed by atoms with Gasteiger partial charge in [-0.15, -0.1) is 0 Å². The SMILES string of the molecule is Cc1cc(C)nc(SC(C(=O)NN)c2ccccc2)n1. The summed E-state index contributed by atoms with van der Waals surface area (Å²) in [6.07, 6.45) is 0. The van der Waals surface area contributed by atoms with Crippen molar-refractivity contribution in [2.45, 2.75) is 24.3 Å². The molecule has 1 unspecified atom stereocenters. The smallest absolute Gasteiger partial charge is 0.251 e. The highest BCUT2D eigenvalue weighted by Crippen LogP contribution is 2.33. The summed E-state index contributed by atoms with van der Waals surface area (Å²) in [5.74, 6) is 5.00. The lowest BCUT2D eigenvalue weighted by atomic mass is 10.1. The van der Waals surface area contributed by atoms with E-state index in [1.165, 1.54) is 11.8 Å². The molecule has 1 aromatic carbocycles. The van der Waals surface area contributed by atoms with Crippen molar-refractivity contribution < 1.29 is 4.79 Å². The number of aromatic nitrogens is 2. The van der Waals surface area contributed by atoms with Gasteiger partial charge in [-0.1, -0.05) is 42.1 Å².